The van der Waals surface area contributed by atoms with E-state index in [-0.39, 0.29) is 6.04 Å². The molecule has 3 rings (SSSR count). The SMILES string of the molecule is COc1ccccc1CN[C@H](C)c1cnc(N2CCCCCCC2)nc1C. The summed E-state index contributed by atoms with van der Waals surface area (Å²) < 4.78 is 5.44. The van der Waals surface area contributed by atoms with Crippen LogP contribution in [0.15, 0.2) is 30.5 Å². The van der Waals surface area contributed by atoms with Crippen LogP contribution >= 0.6 is 0 Å². The molecule has 0 aliphatic carbocycles. The number of aryl methyl sites for hydroxylation is 1. The lowest BCUT2D eigenvalue weighted by Crippen LogP contribution is -2.29. The smallest absolute Gasteiger partial charge is 0.225 e. The van der Waals surface area contributed by atoms with Crippen molar-refractivity contribution in [3.05, 3.63) is 47.3 Å². The highest BCUT2D eigenvalue weighted by atomic mass is 16.5. The van der Waals surface area contributed by atoms with Crippen molar-refractivity contribution in [2.45, 2.75) is 58.5 Å². The predicted octanol–water partition coefficient (Wildman–Crippen LogP) is 4.41. The number of anilines is 1. The van der Waals surface area contributed by atoms with Crippen molar-refractivity contribution < 1.29 is 4.74 Å². The van der Waals surface area contributed by atoms with Gasteiger partial charge in [-0.1, -0.05) is 37.5 Å². The van der Waals surface area contributed by atoms with E-state index >= 15 is 0 Å². The van der Waals surface area contributed by atoms with E-state index in [1.165, 1.54) is 32.1 Å². The number of hydrogen-bond donors (Lipinski definition) is 1. The summed E-state index contributed by atoms with van der Waals surface area (Å²) in [6.45, 7) is 7.14. The largest absolute Gasteiger partial charge is 0.496 e. The zero-order chi connectivity index (χ0) is 19.1. The first-order valence-electron chi connectivity index (χ1n) is 10.1. The summed E-state index contributed by atoms with van der Waals surface area (Å²) in [5, 5.41) is 3.57. The molecule has 1 saturated heterocycles. The van der Waals surface area contributed by atoms with Gasteiger partial charge < -0.3 is 15.0 Å². The molecule has 1 aliphatic heterocycles. The Morgan fingerprint density at radius 3 is 2.52 bits per heavy atom. The van der Waals surface area contributed by atoms with Gasteiger partial charge in [0.2, 0.25) is 5.95 Å². The lowest BCUT2D eigenvalue weighted by Gasteiger charge is -2.25. The molecule has 2 heterocycles. The summed E-state index contributed by atoms with van der Waals surface area (Å²) in [6, 6.07) is 8.29. The Hall–Kier alpha value is -2.14. The lowest BCUT2D eigenvalue weighted by atomic mass is 10.1. The molecule has 5 nitrogen and oxygen atoms in total. The van der Waals surface area contributed by atoms with Gasteiger partial charge in [-0.05, 0) is 32.8 Å². The number of rotatable bonds is 6. The highest BCUT2D eigenvalue weighted by Gasteiger charge is 2.16. The average molecular weight is 369 g/mol. The zero-order valence-corrected chi connectivity index (χ0v) is 16.9. The normalized spacial score (nSPS) is 16.5. The molecule has 146 valence electrons. The molecule has 1 aromatic carbocycles. The third kappa shape index (κ3) is 5.19. The third-order valence-electron chi connectivity index (χ3n) is 5.40. The predicted molar refractivity (Wildman–Crippen MR) is 110 cm³/mol. The molecule has 1 atom stereocenters. The van der Waals surface area contributed by atoms with Crippen molar-refractivity contribution in [3.8, 4) is 5.75 Å². The first-order chi connectivity index (χ1) is 13.2. The van der Waals surface area contributed by atoms with Crippen molar-refractivity contribution in [2.24, 2.45) is 0 Å². The van der Waals surface area contributed by atoms with Gasteiger partial charge in [-0.3, -0.25) is 0 Å². The van der Waals surface area contributed by atoms with Crippen LogP contribution in [0.5, 0.6) is 5.75 Å². The number of para-hydroxylation sites is 1. The van der Waals surface area contributed by atoms with Crippen molar-refractivity contribution >= 4 is 5.95 Å². The minimum Gasteiger partial charge on any atom is -0.496 e. The lowest BCUT2D eigenvalue weighted by molar-refractivity contribution is 0.406. The molecule has 0 saturated carbocycles. The summed E-state index contributed by atoms with van der Waals surface area (Å²) in [5.41, 5.74) is 3.37. The molecule has 1 aliphatic rings. The van der Waals surface area contributed by atoms with Crippen LogP contribution in [0.4, 0.5) is 5.95 Å². The van der Waals surface area contributed by atoms with E-state index in [1.54, 1.807) is 7.11 Å². The van der Waals surface area contributed by atoms with Crippen LogP contribution in [0.2, 0.25) is 0 Å². The molecular weight excluding hydrogens is 336 g/mol. The van der Waals surface area contributed by atoms with Crippen LogP contribution in [-0.2, 0) is 6.54 Å². The molecule has 0 spiro atoms. The maximum atomic E-state index is 5.44. The van der Waals surface area contributed by atoms with Gasteiger partial charge in [0, 0.05) is 48.7 Å². The number of methoxy groups -OCH3 is 1. The van der Waals surface area contributed by atoms with Crippen molar-refractivity contribution in [1.29, 1.82) is 0 Å². The zero-order valence-electron chi connectivity index (χ0n) is 16.9. The number of aromatic nitrogens is 2. The molecule has 0 unspecified atom stereocenters. The van der Waals surface area contributed by atoms with Crippen LogP contribution in [0.3, 0.4) is 0 Å². The van der Waals surface area contributed by atoms with Crippen molar-refractivity contribution in [1.82, 2.24) is 15.3 Å². The second kappa shape index (κ2) is 9.70. The highest BCUT2D eigenvalue weighted by molar-refractivity contribution is 5.35. The van der Waals surface area contributed by atoms with Gasteiger partial charge in [-0.2, -0.15) is 0 Å². The molecule has 1 aromatic heterocycles. The molecule has 1 fully saturated rings. The minimum atomic E-state index is 0.177. The van der Waals surface area contributed by atoms with Crippen molar-refractivity contribution in [2.75, 3.05) is 25.1 Å². The van der Waals surface area contributed by atoms with Gasteiger partial charge in [-0.15, -0.1) is 0 Å². The molecule has 0 amide bonds. The second-order valence-corrected chi connectivity index (χ2v) is 7.38. The Labute approximate surface area is 163 Å². The number of hydrogen-bond acceptors (Lipinski definition) is 5. The van der Waals surface area contributed by atoms with Gasteiger partial charge in [0.05, 0.1) is 7.11 Å². The Balaban J connectivity index is 1.65. The fourth-order valence-electron chi connectivity index (χ4n) is 3.71. The van der Waals surface area contributed by atoms with Gasteiger partial charge in [0.1, 0.15) is 5.75 Å². The van der Waals surface area contributed by atoms with Gasteiger partial charge >= 0.3 is 0 Å². The molecule has 1 N–H and O–H groups in total. The van der Waals surface area contributed by atoms with Crippen molar-refractivity contribution in [3.63, 3.8) is 0 Å². The second-order valence-electron chi connectivity index (χ2n) is 7.38. The van der Waals surface area contributed by atoms with E-state index in [2.05, 4.69) is 30.1 Å². The Kier molecular flexibility index (Phi) is 7.04. The summed E-state index contributed by atoms with van der Waals surface area (Å²) in [5.74, 6) is 1.80. The summed E-state index contributed by atoms with van der Waals surface area (Å²) in [6.07, 6.45) is 8.47. The highest BCUT2D eigenvalue weighted by Crippen LogP contribution is 2.22. The standard InChI is InChI=1S/C22H32N4O/c1-17(23-15-19-11-7-8-12-21(19)27-3)20-16-24-22(25-18(20)2)26-13-9-5-4-6-10-14-26/h7-8,11-12,16-17,23H,4-6,9-10,13-15H2,1-3H3/t17-/m1/s1. The van der Waals surface area contributed by atoms with E-state index < -0.39 is 0 Å². The molecule has 5 heteroatoms. The van der Waals surface area contributed by atoms with E-state index in [9.17, 15) is 0 Å². The molecule has 0 radical (unpaired) electrons. The number of ether oxygens (including phenoxy) is 1. The monoisotopic (exact) mass is 368 g/mol. The first-order valence-corrected chi connectivity index (χ1v) is 10.1. The fourth-order valence-corrected chi connectivity index (χ4v) is 3.71. The maximum Gasteiger partial charge on any atom is 0.225 e. The summed E-state index contributed by atoms with van der Waals surface area (Å²) in [4.78, 5) is 11.9. The van der Waals surface area contributed by atoms with Crippen LogP contribution < -0.4 is 15.0 Å². The molecule has 2 aromatic rings. The maximum absolute atomic E-state index is 5.44. The summed E-state index contributed by atoms with van der Waals surface area (Å²) >= 11 is 0. The molecule has 27 heavy (non-hydrogen) atoms. The molecule has 0 bridgehead atoms. The van der Waals surface area contributed by atoms with E-state index in [1.807, 2.05) is 24.4 Å². The summed E-state index contributed by atoms with van der Waals surface area (Å²) in [7, 11) is 1.71. The van der Waals surface area contributed by atoms with Crippen LogP contribution in [0.1, 0.15) is 61.9 Å². The third-order valence-corrected chi connectivity index (χ3v) is 5.40. The Morgan fingerprint density at radius 1 is 1.11 bits per heavy atom. The number of nitrogens with zero attached hydrogens (tertiary/aromatic N) is 3. The molecular formula is C22H32N4O. The fraction of sp³-hybridized carbons (Fsp3) is 0.545. The minimum absolute atomic E-state index is 0.177. The van der Waals surface area contributed by atoms with Crippen LogP contribution in [0.25, 0.3) is 0 Å². The van der Waals surface area contributed by atoms with E-state index in [4.69, 9.17) is 14.7 Å². The first kappa shape index (κ1) is 19.6. The van der Waals surface area contributed by atoms with Crippen LogP contribution in [-0.4, -0.2) is 30.2 Å². The average Bonchev–Trinajstić information content (AvgIpc) is 2.66. The quantitative estimate of drug-likeness (QED) is 0.818. The van der Waals surface area contributed by atoms with Gasteiger partial charge in [-0.25, -0.2) is 9.97 Å². The Bertz CT molecular complexity index is 726. The Morgan fingerprint density at radius 2 is 1.81 bits per heavy atom. The number of nitrogens with one attached hydrogen (secondary N) is 1. The van der Waals surface area contributed by atoms with Crippen LogP contribution in [0, 0.1) is 6.92 Å². The van der Waals surface area contributed by atoms with Gasteiger partial charge in [0.15, 0.2) is 0 Å². The van der Waals surface area contributed by atoms with Gasteiger partial charge in [0.25, 0.3) is 0 Å². The van der Waals surface area contributed by atoms with E-state index in [0.29, 0.717) is 0 Å². The number of benzene rings is 1. The van der Waals surface area contributed by atoms with E-state index in [0.717, 1.165) is 48.2 Å². The topological polar surface area (TPSA) is 50.3 Å².